The molecule has 4 heteroatoms. The Morgan fingerprint density at radius 2 is 1.90 bits per heavy atom. The summed E-state index contributed by atoms with van der Waals surface area (Å²) in [6.45, 7) is 13.4. The van der Waals surface area contributed by atoms with Crippen molar-refractivity contribution in [3.05, 3.63) is 29.8 Å². The Balaban J connectivity index is 2.80. The monoisotopic (exact) mass is 293 g/mol. The fourth-order valence-electron chi connectivity index (χ4n) is 1.52. The van der Waals surface area contributed by atoms with Crippen molar-refractivity contribution in [3.63, 3.8) is 0 Å². The molecule has 3 nitrogen and oxygen atoms in total. The molecule has 0 radical (unpaired) electrons. The number of benzene rings is 1. The molecule has 112 valence electrons. The molecule has 0 fully saturated rings. The van der Waals surface area contributed by atoms with E-state index in [0.29, 0.717) is 6.61 Å². The van der Waals surface area contributed by atoms with E-state index in [2.05, 4.69) is 33.9 Å². The van der Waals surface area contributed by atoms with Gasteiger partial charge in [-0.3, -0.25) is 4.79 Å². The van der Waals surface area contributed by atoms with Crippen LogP contribution in [0.3, 0.4) is 0 Å². The first-order valence-corrected chi connectivity index (χ1v) is 9.92. The van der Waals surface area contributed by atoms with Crippen LogP contribution in [0.2, 0.25) is 18.1 Å². The van der Waals surface area contributed by atoms with Gasteiger partial charge in [0, 0.05) is 19.7 Å². The van der Waals surface area contributed by atoms with Crippen LogP contribution in [0, 0.1) is 0 Å². The van der Waals surface area contributed by atoms with Gasteiger partial charge in [-0.15, -0.1) is 0 Å². The lowest BCUT2D eigenvalue weighted by Crippen LogP contribution is -2.40. The van der Waals surface area contributed by atoms with Gasteiger partial charge in [-0.25, -0.2) is 0 Å². The summed E-state index contributed by atoms with van der Waals surface area (Å²) in [7, 11) is 0.0532. The van der Waals surface area contributed by atoms with Crippen LogP contribution < -0.4 is 4.90 Å². The van der Waals surface area contributed by atoms with Crippen molar-refractivity contribution in [1.29, 1.82) is 0 Å². The minimum atomic E-state index is -1.73. The molecular weight excluding hydrogens is 266 g/mol. The molecule has 0 saturated heterocycles. The molecule has 1 aromatic carbocycles. The van der Waals surface area contributed by atoms with Crippen LogP contribution in [0.15, 0.2) is 24.3 Å². The van der Waals surface area contributed by atoms with E-state index in [9.17, 15) is 4.79 Å². The van der Waals surface area contributed by atoms with Crippen LogP contribution in [-0.4, -0.2) is 21.3 Å². The maximum atomic E-state index is 11.4. The second-order valence-corrected chi connectivity index (χ2v) is 11.6. The molecule has 1 amide bonds. The van der Waals surface area contributed by atoms with E-state index in [1.54, 1.807) is 18.9 Å². The second kappa shape index (κ2) is 6.10. The molecule has 20 heavy (non-hydrogen) atoms. The van der Waals surface area contributed by atoms with Crippen LogP contribution in [0.5, 0.6) is 0 Å². The van der Waals surface area contributed by atoms with E-state index in [4.69, 9.17) is 4.43 Å². The fraction of sp³-hybridized carbons (Fsp3) is 0.562. The first kappa shape index (κ1) is 16.9. The van der Waals surface area contributed by atoms with Crippen molar-refractivity contribution in [2.24, 2.45) is 0 Å². The Hall–Kier alpha value is -1.13. The van der Waals surface area contributed by atoms with E-state index >= 15 is 0 Å². The predicted molar refractivity (Wildman–Crippen MR) is 87.5 cm³/mol. The summed E-state index contributed by atoms with van der Waals surface area (Å²) in [5.41, 5.74) is 2.02. The number of rotatable bonds is 4. The number of hydrogen-bond acceptors (Lipinski definition) is 2. The number of nitrogens with zero attached hydrogens (tertiary/aromatic N) is 1. The number of carbonyl (C=O) groups excluding carboxylic acids is 1. The van der Waals surface area contributed by atoms with Crippen molar-refractivity contribution >= 4 is 19.9 Å². The van der Waals surface area contributed by atoms with Crippen molar-refractivity contribution in [2.45, 2.75) is 52.4 Å². The van der Waals surface area contributed by atoms with E-state index in [1.807, 2.05) is 24.3 Å². The smallest absolute Gasteiger partial charge is 0.223 e. The molecule has 0 saturated carbocycles. The third-order valence-corrected chi connectivity index (χ3v) is 8.65. The number of carbonyl (C=O) groups is 1. The Bertz CT molecular complexity index is 478. The van der Waals surface area contributed by atoms with Gasteiger partial charge in [0.1, 0.15) is 0 Å². The molecule has 0 N–H and O–H groups in total. The molecule has 0 aliphatic heterocycles. The minimum Gasteiger partial charge on any atom is -0.413 e. The molecule has 1 rings (SSSR count). The zero-order valence-electron chi connectivity index (χ0n) is 13.8. The second-order valence-electron chi connectivity index (χ2n) is 6.80. The highest BCUT2D eigenvalue weighted by Crippen LogP contribution is 2.37. The van der Waals surface area contributed by atoms with E-state index < -0.39 is 8.32 Å². The lowest BCUT2D eigenvalue weighted by atomic mass is 10.2. The summed E-state index contributed by atoms with van der Waals surface area (Å²) in [5, 5.41) is 0.209. The minimum absolute atomic E-state index is 0.0347. The van der Waals surface area contributed by atoms with Gasteiger partial charge in [-0.05, 0) is 35.8 Å². The molecule has 0 aliphatic rings. The number of hydrogen-bond donors (Lipinski definition) is 0. The van der Waals surface area contributed by atoms with Crippen molar-refractivity contribution in [3.8, 4) is 0 Å². The summed E-state index contributed by atoms with van der Waals surface area (Å²) >= 11 is 0. The summed E-state index contributed by atoms with van der Waals surface area (Å²) < 4.78 is 6.21. The first-order valence-electron chi connectivity index (χ1n) is 7.02. The lowest BCUT2D eigenvalue weighted by Gasteiger charge is -2.36. The third kappa shape index (κ3) is 4.18. The van der Waals surface area contributed by atoms with Crippen LogP contribution in [0.1, 0.15) is 33.3 Å². The van der Waals surface area contributed by atoms with Crippen LogP contribution in [0.25, 0.3) is 0 Å². The summed E-state index contributed by atoms with van der Waals surface area (Å²) in [4.78, 5) is 13.1. The Kier molecular flexibility index (Phi) is 5.16. The van der Waals surface area contributed by atoms with E-state index in [-0.39, 0.29) is 10.9 Å². The highest BCUT2D eigenvalue weighted by Gasteiger charge is 2.36. The number of anilines is 1. The normalized spacial score (nSPS) is 12.3. The largest absolute Gasteiger partial charge is 0.413 e. The molecule has 0 heterocycles. The molecule has 0 unspecified atom stereocenters. The van der Waals surface area contributed by atoms with Crippen molar-refractivity contribution in [1.82, 2.24) is 0 Å². The van der Waals surface area contributed by atoms with Crippen molar-refractivity contribution < 1.29 is 9.22 Å². The zero-order valence-corrected chi connectivity index (χ0v) is 14.8. The molecular formula is C16H27NO2Si. The van der Waals surface area contributed by atoms with E-state index in [0.717, 1.165) is 11.3 Å². The molecule has 0 aliphatic carbocycles. The molecule has 1 aromatic rings. The van der Waals surface area contributed by atoms with Gasteiger partial charge in [0.25, 0.3) is 0 Å². The first-order chi connectivity index (χ1) is 9.04. The van der Waals surface area contributed by atoms with Crippen LogP contribution in [0.4, 0.5) is 5.69 Å². The highest BCUT2D eigenvalue weighted by atomic mass is 28.4. The Morgan fingerprint density at radius 3 is 2.40 bits per heavy atom. The van der Waals surface area contributed by atoms with Gasteiger partial charge in [0.2, 0.25) is 5.91 Å². The topological polar surface area (TPSA) is 29.5 Å². The number of amides is 1. The molecule has 0 aromatic heterocycles. The van der Waals surface area contributed by atoms with E-state index in [1.165, 1.54) is 0 Å². The summed E-state index contributed by atoms with van der Waals surface area (Å²) in [5.74, 6) is 0.0347. The average molecular weight is 293 g/mol. The van der Waals surface area contributed by atoms with Crippen LogP contribution in [-0.2, 0) is 15.8 Å². The maximum Gasteiger partial charge on any atom is 0.223 e. The maximum absolute atomic E-state index is 11.4. The quantitative estimate of drug-likeness (QED) is 0.779. The van der Waals surface area contributed by atoms with Gasteiger partial charge in [-0.1, -0.05) is 32.9 Å². The van der Waals surface area contributed by atoms with Gasteiger partial charge in [0.05, 0.1) is 6.61 Å². The average Bonchev–Trinajstić information content (AvgIpc) is 2.34. The zero-order chi connectivity index (χ0) is 15.6. The summed E-state index contributed by atoms with van der Waals surface area (Å²) in [6.07, 6.45) is 0. The highest BCUT2D eigenvalue weighted by molar-refractivity contribution is 6.74. The predicted octanol–water partition coefficient (Wildman–Crippen LogP) is 4.19. The van der Waals surface area contributed by atoms with Gasteiger partial charge in [-0.2, -0.15) is 0 Å². The van der Waals surface area contributed by atoms with Gasteiger partial charge >= 0.3 is 0 Å². The lowest BCUT2D eigenvalue weighted by molar-refractivity contribution is -0.116. The third-order valence-electron chi connectivity index (χ3n) is 4.18. The SMILES string of the molecule is CC(=O)N(C)c1cccc(CO[Si](C)(C)C(C)(C)C)c1. The molecule has 0 spiro atoms. The van der Waals surface area contributed by atoms with Crippen LogP contribution >= 0.6 is 0 Å². The summed E-state index contributed by atoms with van der Waals surface area (Å²) in [6, 6.07) is 7.98. The molecule has 0 bridgehead atoms. The Morgan fingerprint density at radius 1 is 1.30 bits per heavy atom. The molecule has 0 atom stereocenters. The van der Waals surface area contributed by atoms with Crippen molar-refractivity contribution in [2.75, 3.05) is 11.9 Å². The van der Waals surface area contributed by atoms with Gasteiger partial charge in [0.15, 0.2) is 8.32 Å². The standard InChI is InChI=1S/C16H27NO2Si/c1-13(18)17(5)15-10-8-9-14(11-15)12-19-20(6,7)16(2,3)4/h8-11H,12H2,1-7H3. The van der Waals surface area contributed by atoms with Gasteiger partial charge < -0.3 is 9.33 Å². The fourth-order valence-corrected chi connectivity index (χ4v) is 2.48. The Labute approximate surface area is 124 Å².